The number of nitrogens with zero attached hydrogens (tertiary/aromatic N) is 2. The minimum Gasteiger partial charge on any atom is -0.302 e. The summed E-state index contributed by atoms with van der Waals surface area (Å²) in [5, 5.41) is -0.0760. The van der Waals surface area contributed by atoms with Gasteiger partial charge in [-0.3, -0.25) is 9.36 Å². The normalized spacial score (nSPS) is 12.3. The van der Waals surface area contributed by atoms with E-state index in [0.29, 0.717) is 6.29 Å². The summed E-state index contributed by atoms with van der Waals surface area (Å²) in [7, 11) is 0.820. The molecule has 0 spiro atoms. The zero-order valence-electron chi connectivity index (χ0n) is 14.2. The van der Waals surface area contributed by atoms with E-state index in [1.807, 2.05) is 0 Å². The zero-order valence-corrected chi connectivity index (χ0v) is 15.8. The lowest BCUT2D eigenvalue weighted by molar-refractivity contribution is -0.144. The Kier molecular flexibility index (Phi) is 5.63. The average molecular weight is 425 g/mol. The van der Waals surface area contributed by atoms with Crippen molar-refractivity contribution in [1.82, 2.24) is 9.13 Å². The quantitative estimate of drug-likeness (QED) is 0.428. The Balaban J connectivity index is 2.76. The molecule has 2 aromatic rings. The van der Waals surface area contributed by atoms with Crippen LogP contribution in [-0.4, -0.2) is 20.2 Å². The Morgan fingerprint density at radius 3 is 2.26 bits per heavy atom. The Labute approximate surface area is 159 Å². The van der Waals surface area contributed by atoms with Gasteiger partial charge < -0.3 is 4.79 Å². The van der Waals surface area contributed by atoms with E-state index in [1.54, 1.807) is 13.8 Å². The second kappa shape index (κ2) is 7.16. The van der Waals surface area contributed by atoms with Crippen molar-refractivity contribution in [3.8, 4) is 5.69 Å². The third-order valence-corrected chi connectivity index (χ3v) is 5.11. The van der Waals surface area contributed by atoms with E-state index in [2.05, 4.69) is 0 Å². The molecule has 0 radical (unpaired) electrons. The van der Waals surface area contributed by atoms with Gasteiger partial charge in [-0.15, -0.1) is 11.8 Å². The fraction of sp³-hybridized carbons (Fsp3) is 0.312. The number of thioether (sulfide) groups is 1. The maximum absolute atomic E-state index is 14.4. The van der Waals surface area contributed by atoms with Gasteiger partial charge >= 0.3 is 11.9 Å². The topological polar surface area (TPSA) is 61.1 Å². The zero-order chi connectivity index (χ0) is 20.7. The third-order valence-electron chi connectivity index (χ3n) is 3.51. The number of benzene rings is 1. The fourth-order valence-corrected chi connectivity index (χ4v) is 3.40. The van der Waals surface area contributed by atoms with Crippen molar-refractivity contribution in [2.45, 2.75) is 29.7 Å². The van der Waals surface area contributed by atoms with Gasteiger partial charge in [0.05, 0.1) is 15.5 Å². The lowest BCUT2D eigenvalue weighted by Crippen LogP contribution is -2.41. The largest absolute Gasteiger partial charge is 0.431 e. The Bertz CT molecular complexity index is 1030. The molecule has 1 heterocycles. The molecule has 0 unspecified atom stereocenters. The highest BCUT2D eigenvalue weighted by Crippen LogP contribution is 2.37. The molecule has 0 saturated heterocycles. The van der Waals surface area contributed by atoms with Crippen LogP contribution in [0.4, 0.5) is 17.6 Å². The molecule has 0 atom stereocenters. The second-order valence-electron chi connectivity index (χ2n) is 6.10. The smallest absolute Gasteiger partial charge is 0.302 e. The van der Waals surface area contributed by atoms with Crippen molar-refractivity contribution in [3.05, 3.63) is 55.6 Å². The van der Waals surface area contributed by atoms with Gasteiger partial charge in [0.1, 0.15) is 17.8 Å². The standard InChI is InChI=1S/C16H13ClF4N2O3S/c1-15(2,7-24)27-11-5-10(9(18)4-8(11)17)23-13(25)6-12(16(19,20)21)22(3)14(23)26/h4-7H,1-3H3. The van der Waals surface area contributed by atoms with Crippen LogP contribution in [0.5, 0.6) is 0 Å². The van der Waals surface area contributed by atoms with E-state index in [1.165, 1.54) is 0 Å². The molecule has 0 N–H and O–H groups in total. The number of carbonyl (C=O) groups excluding carboxylic acids is 1. The van der Waals surface area contributed by atoms with Crippen LogP contribution in [0.3, 0.4) is 0 Å². The summed E-state index contributed by atoms with van der Waals surface area (Å²) in [6, 6.07) is 2.07. The van der Waals surface area contributed by atoms with Crippen LogP contribution in [0.1, 0.15) is 19.5 Å². The highest BCUT2D eigenvalue weighted by atomic mass is 35.5. The first-order chi connectivity index (χ1) is 12.3. The maximum Gasteiger partial charge on any atom is 0.431 e. The van der Waals surface area contributed by atoms with Crippen LogP contribution in [0, 0.1) is 5.82 Å². The number of carbonyl (C=O) groups is 1. The Morgan fingerprint density at radius 2 is 1.74 bits per heavy atom. The van der Waals surface area contributed by atoms with Crippen LogP contribution >= 0.6 is 23.4 Å². The summed E-state index contributed by atoms with van der Waals surface area (Å²) >= 11 is 6.89. The molecular formula is C16H13ClF4N2O3S. The number of rotatable bonds is 4. The predicted molar refractivity (Wildman–Crippen MR) is 93.3 cm³/mol. The number of hydrogen-bond acceptors (Lipinski definition) is 4. The van der Waals surface area contributed by atoms with Crippen molar-refractivity contribution in [3.63, 3.8) is 0 Å². The van der Waals surface area contributed by atoms with Crippen molar-refractivity contribution in [2.75, 3.05) is 0 Å². The van der Waals surface area contributed by atoms with Crippen LogP contribution in [0.2, 0.25) is 5.02 Å². The van der Waals surface area contributed by atoms with Gasteiger partial charge in [0.15, 0.2) is 0 Å². The van der Waals surface area contributed by atoms with E-state index < -0.39 is 39.4 Å². The molecule has 0 fully saturated rings. The molecule has 0 amide bonds. The number of hydrogen-bond donors (Lipinski definition) is 0. The molecule has 0 bridgehead atoms. The molecular weight excluding hydrogens is 412 g/mol. The lowest BCUT2D eigenvalue weighted by atomic mass is 10.2. The van der Waals surface area contributed by atoms with E-state index in [0.717, 1.165) is 30.9 Å². The monoisotopic (exact) mass is 424 g/mol. The van der Waals surface area contributed by atoms with Crippen molar-refractivity contribution >= 4 is 29.6 Å². The van der Waals surface area contributed by atoms with Crippen LogP contribution in [-0.2, 0) is 18.0 Å². The lowest BCUT2D eigenvalue weighted by Gasteiger charge is -2.19. The first-order valence-electron chi connectivity index (χ1n) is 7.33. The fourth-order valence-electron chi connectivity index (χ4n) is 2.19. The summed E-state index contributed by atoms with van der Waals surface area (Å²) in [5.41, 5.74) is -4.75. The summed E-state index contributed by atoms with van der Waals surface area (Å²) < 4.78 is 52.7. The Hall–Kier alpha value is -2.07. The van der Waals surface area contributed by atoms with Crippen LogP contribution in [0.25, 0.3) is 5.69 Å². The summed E-state index contributed by atoms with van der Waals surface area (Å²) in [4.78, 5) is 35.7. The molecule has 2 rings (SSSR count). The third kappa shape index (κ3) is 4.27. The number of aldehydes is 1. The van der Waals surface area contributed by atoms with Gasteiger partial charge in [-0.05, 0) is 26.0 Å². The summed E-state index contributed by atoms with van der Waals surface area (Å²) in [6.45, 7) is 3.13. The summed E-state index contributed by atoms with van der Waals surface area (Å²) in [6.07, 6.45) is -4.31. The molecule has 1 aromatic heterocycles. The van der Waals surface area contributed by atoms with Gasteiger partial charge in [-0.2, -0.15) is 13.2 Å². The average Bonchev–Trinajstić information content (AvgIpc) is 2.53. The van der Waals surface area contributed by atoms with Crippen LogP contribution < -0.4 is 11.2 Å². The molecule has 1 aromatic carbocycles. The second-order valence-corrected chi connectivity index (χ2v) is 8.20. The molecule has 0 aliphatic rings. The van der Waals surface area contributed by atoms with E-state index in [9.17, 15) is 31.9 Å². The van der Waals surface area contributed by atoms with Gasteiger partial charge in [-0.1, -0.05) is 11.6 Å². The van der Waals surface area contributed by atoms with Crippen LogP contribution in [0.15, 0.2) is 32.7 Å². The van der Waals surface area contributed by atoms with E-state index in [4.69, 9.17) is 11.6 Å². The number of aromatic nitrogens is 2. The molecule has 5 nitrogen and oxygen atoms in total. The molecule has 0 saturated carbocycles. The first kappa shape index (κ1) is 21.2. The molecule has 146 valence electrons. The minimum absolute atomic E-state index is 0.0760. The number of alkyl halides is 3. The predicted octanol–water partition coefficient (Wildman–Crippen LogP) is 3.42. The summed E-state index contributed by atoms with van der Waals surface area (Å²) in [5.74, 6) is -1.08. The molecule has 0 aliphatic heterocycles. The number of halogens is 5. The SMILES string of the molecule is Cn1c(C(F)(F)F)cc(=O)n(-c2cc(SC(C)(C)C=O)c(Cl)cc2F)c1=O. The Morgan fingerprint density at radius 1 is 1.15 bits per heavy atom. The highest BCUT2D eigenvalue weighted by Gasteiger charge is 2.35. The molecule has 11 heteroatoms. The van der Waals surface area contributed by atoms with Gasteiger partial charge in [0.25, 0.3) is 5.56 Å². The van der Waals surface area contributed by atoms with E-state index >= 15 is 0 Å². The van der Waals surface area contributed by atoms with Crippen molar-refractivity contribution in [2.24, 2.45) is 7.05 Å². The van der Waals surface area contributed by atoms with Gasteiger partial charge in [0.2, 0.25) is 0 Å². The highest BCUT2D eigenvalue weighted by molar-refractivity contribution is 8.01. The maximum atomic E-state index is 14.4. The molecule has 0 aliphatic carbocycles. The minimum atomic E-state index is -4.93. The van der Waals surface area contributed by atoms with Gasteiger partial charge in [0, 0.05) is 18.0 Å². The van der Waals surface area contributed by atoms with E-state index in [-0.39, 0.29) is 25.1 Å². The first-order valence-corrected chi connectivity index (χ1v) is 8.53. The van der Waals surface area contributed by atoms with Gasteiger partial charge in [-0.25, -0.2) is 13.8 Å². The van der Waals surface area contributed by atoms with Crippen molar-refractivity contribution in [1.29, 1.82) is 0 Å². The van der Waals surface area contributed by atoms with Crippen molar-refractivity contribution < 1.29 is 22.4 Å². The molecule has 27 heavy (non-hydrogen) atoms.